The fourth-order valence-corrected chi connectivity index (χ4v) is 3.08. The Morgan fingerprint density at radius 1 is 1.10 bits per heavy atom. The Balaban J connectivity index is 1.83. The van der Waals surface area contributed by atoms with E-state index in [1.807, 2.05) is 12.1 Å². The molecule has 2 unspecified atom stereocenters. The molecule has 0 saturated carbocycles. The summed E-state index contributed by atoms with van der Waals surface area (Å²) in [6.45, 7) is 0. The maximum absolute atomic E-state index is 13.9. The van der Waals surface area contributed by atoms with Crippen LogP contribution in [0.3, 0.4) is 0 Å². The fraction of sp³-hybridized carbons (Fsp3) is 0.294. The third kappa shape index (κ3) is 2.22. The Bertz CT molecular complexity index is 604. The molecule has 20 heavy (non-hydrogen) atoms. The molecule has 1 aliphatic rings. The van der Waals surface area contributed by atoms with Crippen molar-refractivity contribution in [2.45, 2.75) is 24.8 Å². The van der Waals surface area contributed by atoms with Gasteiger partial charge in [-0.25, -0.2) is 8.78 Å². The maximum Gasteiger partial charge on any atom is 0.130 e. The minimum atomic E-state index is -0.475. The van der Waals surface area contributed by atoms with Crippen molar-refractivity contribution in [3.8, 4) is 0 Å². The Kier molecular flexibility index (Phi) is 3.53. The van der Waals surface area contributed by atoms with Crippen molar-refractivity contribution in [1.82, 2.24) is 5.32 Å². The van der Waals surface area contributed by atoms with Crippen LogP contribution in [0.5, 0.6) is 0 Å². The van der Waals surface area contributed by atoms with Crippen LogP contribution >= 0.6 is 0 Å². The third-order valence-electron chi connectivity index (χ3n) is 4.18. The first-order valence-corrected chi connectivity index (χ1v) is 6.89. The summed E-state index contributed by atoms with van der Waals surface area (Å²) in [4.78, 5) is 0. The third-order valence-corrected chi connectivity index (χ3v) is 4.18. The van der Waals surface area contributed by atoms with Gasteiger partial charge in [0.25, 0.3) is 0 Å². The standard InChI is InChI=1S/C17H17F2N/c1-20-16(17-14(18)7-4-8-15(17)19)10-12-9-11-5-2-3-6-13(11)12/h2-8,12,16,20H,9-10H2,1H3. The van der Waals surface area contributed by atoms with Gasteiger partial charge in [0.15, 0.2) is 0 Å². The first kappa shape index (κ1) is 13.3. The number of benzene rings is 2. The van der Waals surface area contributed by atoms with Crippen LogP contribution in [0.1, 0.15) is 35.1 Å². The molecule has 2 atom stereocenters. The molecule has 0 heterocycles. The lowest BCUT2D eigenvalue weighted by molar-refractivity contribution is 0.419. The van der Waals surface area contributed by atoms with Crippen molar-refractivity contribution in [3.63, 3.8) is 0 Å². The van der Waals surface area contributed by atoms with Gasteiger partial charge in [-0.3, -0.25) is 0 Å². The summed E-state index contributed by atoms with van der Waals surface area (Å²) in [7, 11) is 1.75. The summed E-state index contributed by atoms with van der Waals surface area (Å²) in [5, 5.41) is 3.05. The van der Waals surface area contributed by atoms with Gasteiger partial charge in [-0.1, -0.05) is 30.3 Å². The molecule has 1 N–H and O–H groups in total. The Hall–Kier alpha value is -1.74. The molecule has 2 aromatic rings. The van der Waals surface area contributed by atoms with Gasteiger partial charge in [0.1, 0.15) is 11.6 Å². The average Bonchev–Trinajstić information content (AvgIpc) is 2.42. The summed E-state index contributed by atoms with van der Waals surface area (Å²) in [5.74, 6) is -0.573. The quantitative estimate of drug-likeness (QED) is 0.889. The van der Waals surface area contributed by atoms with E-state index >= 15 is 0 Å². The van der Waals surface area contributed by atoms with Gasteiger partial charge >= 0.3 is 0 Å². The number of nitrogens with one attached hydrogen (secondary N) is 1. The Morgan fingerprint density at radius 2 is 1.80 bits per heavy atom. The van der Waals surface area contributed by atoms with Gasteiger partial charge < -0.3 is 5.32 Å². The summed E-state index contributed by atoms with van der Waals surface area (Å²) < 4.78 is 27.8. The monoisotopic (exact) mass is 273 g/mol. The van der Waals surface area contributed by atoms with Crippen LogP contribution in [0.15, 0.2) is 42.5 Å². The second kappa shape index (κ2) is 5.33. The Morgan fingerprint density at radius 3 is 2.45 bits per heavy atom. The normalized spacial score (nSPS) is 18.2. The smallest absolute Gasteiger partial charge is 0.130 e. The van der Waals surface area contributed by atoms with Gasteiger partial charge in [0, 0.05) is 11.6 Å². The molecule has 3 heteroatoms. The van der Waals surface area contributed by atoms with Crippen LogP contribution in [-0.4, -0.2) is 7.05 Å². The molecular weight excluding hydrogens is 256 g/mol. The molecule has 0 bridgehead atoms. The van der Waals surface area contributed by atoms with Crippen LogP contribution in [0.2, 0.25) is 0 Å². The van der Waals surface area contributed by atoms with E-state index in [1.54, 1.807) is 7.05 Å². The zero-order chi connectivity index (χ0) is 14.1. The van der Waals surface area contributed by atoms with Crippen molar-refractivity contribution < 1.29 is 8.78 Å². The van der Waals surface area contributed by atoms with Gasteiger partial charge in [0.2, 0.25) is 0 Å². The number of rotatable bonds is 4. The number of hydrogen-bond acceptors (Lipinski definition) is 1. The zero-order valence-electron chi connectivity index (χ0n) is 11.4. The lowest BCUT2D eigenvalue weighted by Gasteiger charge is -2.33. The molecule has 0 saturated heterocycles. The second-order valence-electron chi connectivity index (χ2n) is 5.31. The SMILES string of the molecule is CNC(CC1Cc2ccccc21)c1c(F)cccc1F. The summed E-state index contributed by atoms with van der Waals surface area (Å²) in [5.41, 5.74) is 2.81. The van der Waals surface area contributed by atoms with Crippen molar-refractivity contribution in [2.75, 3.05) is 7.05 Å². The highest BCUT2D eigenvalue weighted by molar-refractivity contribution is 5.40. The predicted molar refractivity (Wildman–Crippen MR) is 75.7 cm³/mol. The molecule has 1 aliphatic carbocycles. The largest absolute Gasteiger partial charge is 0.313 e. The Labute approximate surface area is 117 Å². The molecule has 0 aliphatic heterocycles. The van der Waals surface area contributed by atoms with E-state index in [0.717, 1.165) is 6.42 Å². The predicted octanol–water partition coefficient (Wildman–Crippen LogP) is 3.96. The highest BCUT2D eigenvalue weighted by Gasteiger charge is 2.30. The molecule has 1 nitrogen and oxygen atoms in total. The second-order valence-corrected chi connectivity index (χ2v) is 5.31. The molecule has 0 spiro atoms. The highest BCUT2D eigenvalue weighted by atomic mass is 19.1. The lowest BCUT2D eigenvalue weighted by Crippen LogP contribution is -2.26. The minimum absolute atomic E-state index is 0.152. The van der Waals surface area contributed by atoms with E-state index in [0.29, 0.717) is 12.3 Å². The van der Waals surface area contributed by atoms with Crippen LogP contribution in [0.4, 0.5) is 8.78 Å². The zero-order valence-corrected chi connectivity index (χ0v) is 11.4. The summed E-state index contributed by atoms with van der Waals surface area (Å²) in [6, 6.07) is 12.0. The minimum Gasteiger partial charge on any atom is -0.313 e. The number of fused-ring (bicyclic) bond motifs is 1. The summed E-state index contributed by atoms with van der Waals surface area (Å²) >= 11 is 0. The van der Waals surface area contributed by atoms with Gasteiger partial charge in [-0.15, -0.1) is 0 Å². The molecule has 2 aromatic carbocycles. The van der Waals surface area contributed by atoms with Gasteiger partial charge in [-0.2, -0.15) is 0 Å². The van der Waals surface area contributed by atoms with Crippen molar-refractivity contribution in [2.24, 2.45) is 0 Å². The van der Waals surface area contributed by atoms with Crippen molar-refractivity contribution >= 4 is 0 Å². The maximum atomic E-state index is 13.9. The highest BCUT2D eigenvalue weighted by Crippen LogP contribution is 2.41. The number of halogens is 2. The van der Waals surface area contributed by atoms with Crippen molar-refractivity contribution in [1.29, 1.82) is 0 Å². The van der Waals surface area contributed by atoms with E-state index in [2.05, 4.69) is 17.4 Å². The van der Waals surface area contributed by atoms with E-state index in [-0.39, 0.29) is 11.6 Å². The van der Waals surface area contributed by atoms with Gasteiger partial charge in [0.05, 0.1) is 0 Å². The van der Waals surface area contributed by atoms with E-state index < -0.39 is 11.6 Å². The lowest BCUT2D eigenvalue weighted by atomic mass is 9.73. The van der Waals surface area contributed by atoms with Crippen molar-refractivity contribution in [3.05, 3.63) is 70.8 Å². The first-order chi connectivity index (χ1) is 9.70. The molecule has 0 radical (unpaired) electrons. The number of hydrogen-bond donors (Lipinski definition) is 1. The topological polar surface area (TPSA) is 12.0 Å². The van der Waals surface area contributed by atoms with E-state index in [4.69, 9.17) is 0 Å². The van der Waals surface area contributed by atoms with Crippen LogP contribution in [0, 0.1) is 11.6 Å². The van der Waals surface area contributed by atoms with E-state index in [1.165, 1.54) is 29.3 Å². The molecule has 0 amide bonds. The molecule has 104 valence electrons. The van der Waals surface area contributed by atoms with E-state index in [9.17, 15) is 8.78 Å². The van der Waals surface area contributed by atoms with Crippen LogP contribution in [-0.2, 0) is 6.42 Å². The fourth-order valence-electron chi connectivity index (χ4n) is 3.08. The summed E-state index contributed by atoms with van der Waals surface area (Å²) in [6.07, 6.45) is 1.70. The molecule has 0 fully saturated rings. The van der Waals surface area contributed by atoms with Crippen LogP contribution in [0.25, 0.3) is 0 Å². The molecule has 0 aromatic heterocycles. The molecule has 3 rings (SSSR count). The first-order valence-electron chi connectivity index (χ1n) is 6.89. The van der Waals surface area contributed by atoms with Gasteiger partial charge in [-0.05, 0) is 49.1 Å². The molecular formula is C17H17F2N. The average molecular weight is 273 g/mol. The van der Waals surface area contributed by atoms with Crippen LogP contribution < -0.4 is 5.32 Å².